The van der Waals surface area contributed by atoms with Crippen LogP contribution in [0.4, 0.5) is 5.00 Å². The van der Waals surface area contributed by atoms with Gasteiger partial charge in [0.15, 0.2) is 17.3 Å². The number of hydrogen-bond acceptors (Lipinski definition) is 11. The van der Waals surface area contributed by atoms with Crippen molar-refractivity contribution >= 4 is 28.0 Å². The van der Waals surface area contributed by atoms with E-state index in [-0.39, 0.29) is 46.8 Å². The molecule has 224 valence electrons. The highest BCUT2D eigenvalue weighted by Gasteiger charge is 2.47. The molecule has 6 rings (SSSR count). The summed E-state index contributed by atoms with van der Waals surface area (Å²) in [6, 6.07) is 5.41. The van der Waals surface area contributed by atoms with E-state index in [1.807, 2.05) is 6.92 Å². The van der Waals surface area contributed by atoms with E-state index in [1.165, 1.54) is 28.3 Å². The fourth-order valence-electron chi connectivity index (χ4n) is 6.99. The highest BCUT2D eigenvalue weighted by Crippen LogP contribution is 2.54. The van der Waals surface area contributed by atoms with E-state index >= 15 is 0 Å². The van der Waals surface area contributed by atoms with Crippen molar-refractivity contribution in [2.75, 3.05) is 19.3 Å². The lowest BCUT2D eigenvalue weighted by Gasteiger charge is -2.41. The van der Waals surface area contributed by atoms with Crippen LogP contribution in [0.25, 0.3) is 5.82 Å². The average Bonchev–Trinajstić information content (AvgIpc) is 3.72. The largest absolute Gasteiger partial charge is 0.511 e. The summed E-state index contributed by atoms with van der Waals surface area (Å²) < 4.78 is 7.62. The number of aromatic nitrogens is 4. The number of likely N-dealkylation sites (tertiary alicyclic amines) is 1. The van der Waals surface area contributed by atoms with Gasteiger partial charge in [-0.2, -0.15) is 15.3 Å². The van der Waals surface area contributed by atoms with E-state index in [4.69, 9.17) is 10.5 Å². The van der Waals surface area contributed by atoms with Gasteiger partial charge in [0, 0.05) is 28.8 Å². The molecule has 1 spiro atoms. The number of fused-ring (bicyclic) bond motifs is 2. The number of anilines is 1. The molecule has 3 aliphatic rings. The van der Waals surface area contributed by atoms with Gasteiger partial charge in [-0.05, 0) is 83.5 Å². The van der Waals surface area contributed by atoms with Gasteiger partial charge in [0.1, 0.15) is 28.6 Å². The van der Waals surface area contributed by atoms with Crippen molar-refractivity contribution in [3.05, 3.63) is 57.2 Å². The van der Waals surface area contributed by atoms with Crippen molar-refractivity contribution in [1.82, 2.24) is 24.6 Å². The van der Waals surface area contributed by atoms with Crippen LogP contribution in [-0.2, 0) is 11.8 Å². The topological polar surface area (TPSA) is 187 Å². The molecule has 0 radical (unpaired) electrons. The smallest absolute Gasteiger partial charge is 0.356 e. The molecule has 0 aromatic carbocycles. The number of aryl methyl sites for hydroxylation is 1. The lowest BCUT2D eigenvalue weighted by molar-refractivity contribution is 0.0690. The Morgan fingerprint density at radius 2 is 2.07 bits per heavy atom. The standard InChI is InChI=1S/C30H34N8O4S/c1-16(20-7-5-12-37(20)2)42-23-14-22(38-13-9-19(36-38)29(40)41)34-28(35-23)25(32)17-6-3-10-30(26(17)39)11-4-8-21-24(30)18(15-31)27(33)43-21/h9,13-14,16,20,32,39H,3-8,10-12,33H2,1-2H3,(H,40,41)/t16-,20-,30-/m0/s1. The fraction of sp³-hybridized carbons (Fsp3) is 0.467. The van der Waals surface area contributed by atoms with Gasteiger partial charge in [-0.1, -0.05) is 0 Å². The third-order valence-corrected chi connectivity index (χ3v) is 10.1. The van der Waals surface area contributed by atoms with E-state index in [0.717, 1.165) is 42.7 Å². The number of nitrogen functional groups attached to an aromatic ring is 1. The Kier molecular flexibility index (Phi) is 7.43. The predicted molar refractivity (Wildman–Crippen MR) is 160 cm³/mol. The van der Waals surface area contributed by atoms with E-state index in [2.05, 4.69) is 33.1 Å². The molecule has 3 aromatic rings. The molecule has 0 amide bonds. The summed E-state index contributed by atoms with van der Waals surface area (Å²) in [5.41, 5.74) is 6.89. The number of carboxylic acid groups (broad SMARTS) is 1. The Morgan fingerprint density at radius 1 is 1.30 bits per heavy atom. The van der Waals surface area contributed by atoms with Crippen molar-refractivity contribution in [2.24, 2.45) is 0 Å². The highest BCUT2D eigenvalue weighted by molar-refractivity contribution is 7.16. The minimum absolute atomic E-state index is 0.0341. The summed E-state index contributed by atoms with van der Waals surface area (Å²) in [5.74, 6) is -0.592. The summed E-state index contributed by atoms with van der Waals surface area (Å²) in [4.78, 5) is 24.0. The lowest BCUT2D eigenvalue weighted by atomic mass is 9.63. The van der Waals surface area contributed by atoms with Gasteiger partial charge in [0.25, 0.3) is 0 Å². The molecule has 0 unspecified atom stereocenters. The molecule has 1 saturated heterocycles. The molecule has 0 saturated carbocycles. The van der Waals surface area contributed by atoms with Gasteiger partial charge in [0.2, 0.25) is 5.88 Å². The summed E-state index contributed by atoms with van der Waals surface area (Å²) in [6.45, 7) is 2.96. The van der Waals surface area contributed by atoms with Crippen LogP contribution in [0.3, 0.4) is 0 Å². The second-order valence-electron chi connectivity index (χ2n) is 11.6. The molecule has 3 aromatic heterocycles. The minimum Gasteiger partial charge on any atom is -0.511 e. The van der Waals surface area contributed by atoms with Gasteiger partial charge in [-0.15, -0.1) is 11.3 Å². The first-order chi connectivity index (χ1) is 20.6. The van der Waals surface area contributed by atoms with Crippen LogP contribution in [0.15, 0.2) is 29.7 Å². The first-order valence-corrected chi connectivity index (χ1v) is 15.3. The van der Waals surface area contributed by atoms with Crippen LogP contribution in [0.5, 0.6) is 5.88 Å². The molecular weight excluding hydrogens is 568 g/mol. The first kappa shape index (κ1) is 28.8. The quantitative estimate of drug-likeness (QED) is 0.283. The van der Waals surface area contributed by atoms with Crippen molar-refractivity contribution < 1.29 is 19.7 Å². The maximum atomic E-state index is 11.9. The molecule has 2 aliphatic carbocycles. The van der Waals surface area contributed by atoms with E-state index < -0.39 is 11.4 Å². The van der Waals surface area contributed by atoms with E-state index in [0.29, 0.717) is 41.8 Å². The zero-order chi connectivity index (χ0) is 30.5. The monoisotopic (exact) mass is 602 g/mol. The Labute approximate surface area is 253 Å². The van der Waals surface area contributed by atoms with Crippen LogP contribution < -0.4 is 10.5 Å². The summed E-state index contributed by atoms with van der Waals surface area (Å²) in [5, 5.41) is 45.1. The Bertz CT molecular complexity index is 1690. The summed E-state index contributed by atoms with van der Waals surface area (Å²) >= 11 is 1.41. The van der Waals surface area contributed by atoms with Crippen molar-refractivity contribution in [1.29, 1.82) is 10.7 Å². The molecule has 43 heavy (non-hydrogen) atoms. The third-order valence-electron chi connectivity index (χ3n) is 9.06. The number of aromatic carboxylic acids is 1. The fourth-order valence-corrected chi connectivity index (χ4v) is 8.15. The second kappa shape index (κ2) is 11.1. The van der Waals surface area contributed by atoms with Gasteiger partial charge in [-0.25, -0.2) is 14.5 Å². The molecule has 1 aliphatic heterocycles. The van der Waals surface area contributed by atoms with E-state index in [9.17, 15) is 25.7 Å². The number of carbonyl (C=O) groups is 1. The number of nitrogens with zero attached hydrogens (tertiary/aromatic N) is 6. The number of allylic oxidation sites excluding steroid dienone is 2. The Hall–Kier alpha value is -4.28. The van der Waals surface area contributed by atoms with E-state index in [1.54, 1.807) is 6.07 Å². The van der Waals surface area contributed by atoms with Crippen LogP contribution in [0, 0.1) is 16.7 Å². The highest BCUT2D eigenvalue weighted by atomic mass is 32.1. The van der Waals surface area contributed by atoms with Crippen molar-refractivity contribution in [3.63, 3.8) is 0 Å². The number of hydrogen-bond donors (Lipinski definition) is 4. The number of nitriles is 1. The zero-order valence-corrected chi connectivity index (χ0v) is 24.9. The number of aliphatic hydroxyl groups is 1. The van der Waals surface area contributed by atoms with Crippen molar-refractivity contribution in [2.45, 2.75) is 75.9 Å². The zero-order valence-electron chi connectivity index (χ0n) is 24.1. The maximum Gasteiger partial charge on any atom is 0.356 e. The van der Waals surface area contributed by atoms with Gasteiger partial charge in [-0.3, -0.25) is 10.3 Å². The molecule has 5 N–H and O–H groups in total. The average molecular weight is 603 g/mol. The second-order valence-corrected chi connectivity index (χ2v) is 12.7. The van der Waals surface area contributed by atoms with Crippen LogP contribution in [0.1, 0.15) is 84.2 Å². The van der Waals surface area contributed by atoms with Crippen LogP contribution >= 0.6 is 11.3 Å². The molecule has 0 bridgehead atoms. The Morgan fingerprint density at radius 3 is 2.74 bits per heavy atom. The van der Waals surface area contributed by atoms with Gasteiger partial charge < -0.3 is 20.7 Å². The number of nitrogens with one attached hydrogen (secondary N) is 1. The number of aliphatic hydroxyl groups excluding tert-OH is 1. The number of ether oxygens (including phenoxy) is 1. The SMILES string of the molecule is C[C@H](Oc1cc(-n2ccc(C(=O)O)n2)nc(C(=N)C2=C(O)[C@@]3(CCC2)CCCc2sc(N)c(C#N)c23)n1)[C@@H]1CCCN1C. The van der Waals surface area contributed by atoms with Gasteiger partial charge in [0.05, 0.1) is 11.0 Å². The van der Waals surface area contributed by atoms with Gasteiger partial charge >= 0.3 is 5.97 Å². The molecule has 12 nitrogen and oxygen atoms in total. The third kappa shape index (κ3) is 4.94. The molecule has 13 heteroatoms. The summed E-state index contributed by atoms with van der Waals surface area (Å²) in [7, 11) is 2.06. The lowest BCUT2D eigenvalue weighted by Crippen LogP contribution is -2.38. The normalized spacial score (nSPS) is 22.8. The minimum atomic E-state index is -1.17. The maximum absolute atomic E-state index is 11.9. The van der Waals surface area contributed by atoms with Crippen molar-refractivity contribution in [3.8, 4) is 17.8 Å². The molecule has 1 fully saturated rings. The Balaban J connectivity index is 1.43. The van der Waals surface area contributed by atoms with Crippen LogP contribution in [-0.4, -0.2) is 72.3 Å². The summed E-state index contributed by atoms with van der Waals surface area (Å²) in [6.07, 6.45) is 7.44. The predicted octanol–water partition coefficient (Wildman–Crippen LogP) is 4.38. The number of nitrogens with two attached hydrogens (primary N) is 1. The number of thiophene rings is 1. The first-order valence-electron chi connectivity index (χ1n) is 14.5. The van der Waals surface area contributed by atoms with Crippen LogP contribution in [0.2, 0.25) is 0 Å². The number of carboxylic acids is 1. The molecular formula is C30H34N8O4S. The number of likely N-dealkylation sites (N-methyl/N-ethyl adjacent to an activating group) is 1. The molecule has 3 atom stereocenters. The molecule has 4 heterocycles. The number of rotatable bonds is 7.